The molecule has 2 rings (SSSR count). The summed E-state index contributed by atoms with van der Waals surface area (Å²) in [6.45, 7) is 7.31. The van der Waals surface area contributed by atoms with E-state index in [1.165, 1.54) is 11.8 Å². The molecule has 0 aliphatic rings. The number of nitrogens with one attached hydrogen (secondary N) is 1. The SMILES string of the molecule is [C-]#[N+]c1cccc(CC(=NO)c2nonc2SCCNC(=O)CCS(N)(=O)=O)c1. The van der Waals surface area contributed by atoms with E-state index < -0.39 is 21.7 Å². The Morgan fingerprint density at radius 1 is 1.41 bits per heavy atom. The average molecular weight is 438 g/mol. The zero-order valence-electron chi connectivity index (χ0n) is 15.1. The third kappa shape index (κ3) is 7.53. The Balaban J connectivity index is 1.90. The van der Waals surface area contributed by atoms with Crippen LogP contribution in [0.5, 0.6) is 0 Å². The Morgan fingerprint density at radius 2 is 2.21 bits per heavy atom. The van der Waals surface area contributed by atoms with Crippen molar-refractivity contribution in [3.05, 3.63) is 46.9 Å². The summed E-state index contributed by atoms with van der Waals surface area (Å²) in [7, 11) is -3.68. The Bertz CT molecular complexity index is 1030. The standard InChI is InChI=1S/C16H18N6O5S2/c1-18-12-4-2-3-11(9-12)10-13(20-24)15-16(22-27-21-15)28-7-6-19-14(23)5-8-29(17,25)26/h2-4,9,24H,5-8,10H2,(H,19,23)(H2,17,25,26). The average Bonchev–Trinajstić information content (AvgIpc) is 3.15. The molecule has 0 fully saturated rings. The highest BCUT2D eigenvalue weighted by atomic mass is 32.2. The van der Waals surface area contributed by atoms with Crippen molar-refractivity contribution in [1.82, 2.24) is 15.6 Å². The molecule has 0 aliphatic carbocycles. The van der Waals surface area contributed by atoms with Gasteiger partial charge in [0.25, 0.3) is 0 Å². The first-order valence-corrected chi connectivity index (χ1v) is 10.9. The van der Waals surface area contributed by atoms with Crippen LogP contribution >= 0.6 is 11.8 Å². The number of sulfonamides is 1. The first-order valence-electron chi connectivity index (χ1n) is 8.22. The van der Waals surface area contributed by atoms with Crippen molar-refractivity contribution in [3.63, 3.8) is 0 Å². The van der Waals surface area contributed by atoms with E-state index in [9.17, 15) is 18.4 Å². The molecule has 2 aromatic rings. The number of thioether (sulfide) groups is 1. The molecule has 4 N–H and O–H groups in total. The molecular weight excluding hydrogens is 420 g/mol. The van der Waals surface area contributed by atoms with Crippen molar-refractivity contribution in [1.29, 1.82) is 0 Å². The topological polar surface area (TPSA) is 165 Å². The van der Waals surface area contributed by atoms with Gasteiger partial charge >= 0.3 is 0 Å². The number of oxime groups is 1. The lowest BCUT2D eigenvalue weighted by Gasteiger charge is -2.05. The summed E-state index contributed by atoms with van der Waals surface area (Å²) in [6, 6.07) is 6.86. The van der Waals surface area contributed by atoms with E-state index in [2.05, 4.69) is 25.6 Å². The summed E-state index contributed by atoms with van der Waals surface area (Å²) >= 11 is 1.22. The smallest absolute Gasteiger partial charge is 0.221 e. The van der Waals surface area contributed by atoms with E-state index in [0.717, 1.165) is 5.56 Å². The molecule has 0 radical (unpaired) electrons. The quantitative estimate of drug-likeness (QED) is 0.123. The number of rotatable bonds is 10. The first-order chi connectivity index (χ1) is 13.8. The first kappa shape index (κ1) is 22.3. The van der Waals surface area contributed by atoms with Crippen LogP contribution in [0.25, 0.3) is 4.85 Å². The molecule has 0 unspecified atom stereocenters. The van der Waals surface area contributed by atoms with Crippen molar-refractivity contribution >= 4 is 39.1 Å². The zero-order valence-corrected chi connectivity index (χ0v) is 16.7. The van der Waals surface area contributed by atoms with E-state index in [4.69, 9.17) is 16.3 Å². The van der Waals surface area contributed by atoms with Gasteiger partial charge in [0.2, 0.25) is 15.9 Å². The molecule has 1 aromatic carbocycles. The molecule has 0 spiro atoms. The van der Waals surface area contributed by atoms with Crippen LogP contribution in [0, 0.1) is 6.57 Å². The van der Waals surface area contributed by atoms with Gasteiger partial charge in [0.1, 0.15) is 5.71 Å². The maximum Gasteiger partial charge on any atom is 0.221 e. The number of primary sulfonamides is 1. The fourth-order valence-electron chi connectivity index (χ4n) is 2.21. The molecule has 11 nitrogen and oxygen atoms in total. The van der Waals surface area contributed by atoms with Gasteiger partial charge in [-0.3, -0.25) is 4.79 Å². The molecule has 0 saturated heterocycles. The van der Waals surface area contributed by atoms with Crippen LogP contribution in [0.4, 0.5) is 5.69 Å². The number of carbonyl (C=O) groups excluding carboxylic acids is 1. The summed E-state index contributed by atoms with van der Waals surface area (Å²) in [5.74, 6) is -0.460. The maximum atomic E-state index is 11.6. The second-order valence-corrected chi connectivity index (χ2v) is 8.56. The predicted octanol–water partition coefficient (Wildman–Crippen LogP) is 0.928. The number of amides is 1. The van der Waals surface area contributed by atoms with Gasteiger partial charge in [-0.25, -0.2) is 23.0 Å². The highest BCUT2D eigenvalue weighted by Gasteiger charge is 2.18. The van der Waals surface area contributed by atoms with Crippen LogP contribution in [0.3, 0.4) is 0 Å². The van der Waals surface area contributed by atoms with Crippen LogP contribution in [-0.2, 0) is 21.2 Å². The Labute approximate surface area is 171 Å². The highest BCUT2D eigenvalue weighted by molar-refractivity contribution is 7.99. The number of nitrogens with zero attached hydrogens (tertiary/aromatic N) is 4. The molecule has 13 heteroatoms. The van der Waals surface area contributed by atoms with Gasteiger partial charge in [-0.1, -0.05) is 46.7 Å². The molecule has 1 heterocycles. The largest absolute Gasteiger partial charge is 0.411 e. The van der Waals surface area contributed by atoms with E-state index >= 15 is 0 Å². The third-order valence-corrected chi connectivity index (χ3v) is 5.26. The Morgan fingerprint density at radius 3 is 2.90 bits per heavy atom. The molecule has 29 heavy (non-hydrogen) atoms. The van der Waals surface area contributed by atoms with Crippen molar-refractivity contribution in [2.24, 2.45) is 10.3 Å². The lowest BCUT2D eigenvalue weighted by Crippen LogP contribution is -2.29. The van der Waals surface area contributed by atoms with Crippen LogP contribution < -0.4 is 10.5 Å². The van der Waals surface area contributed by atoms with Crippen LogP contribution in [0.1, 0.15) is 17.7 Å². The summed E-state index contributed by atoms with van der Waals surface area (Å²) in [4.78, 5) is 14.9. The van der Waals surface area contributed by atoms with Gasteiger partial charge in [-0.2, -0.15) is 0 Å². The van der Waals surface area contributed by atoms with Crippen LogP contribution in [0.2, 0.25) is 0 Å². The number of benzene rings is 1. The summed E-state index contributed by atoms with van der Waals surface area (Å²) in [5.41, 5.74) is 1.69. The predicted molar refractivity (Wildman–Crippen MR) is 105 cm³/mol. The Kier molecular flexibility index (Phi) is 8.13. The fourth-order valence-corrected chi connectivity index (χ4v) is 3.45. The second-order valence-electron chi connectivity index (χ2n) is 5.74. The van der Waals surface area contributed by atoms with E-state index in [1.54, 1.807) is 24.3 Å². The number of nitrogens with two attached hydrogens (primary N) is 1. The number of aromatic nitrogens is 2. The monoisotopic (exact) mass is 438 g/mol. The van der Waals surface area contributed by atoms with Crippen LogP contribution in [0.15, 0.2) is 39.1 Å². The van der Waals surface area contributed by atoms with Crippen molar-refractivity contribution in [3.8, 4) is 0 Å². The summed E-state index contributed by atoms with van der Waals surface area (Å²) < 4.78 is 26.4. The fraction of sp³-hybridized carbons (Fsp3) is 0.312. The van der Waals surface area contributed by atoms with Crippen molar-refractivity contribution < 1.29 is 23.0 Å². The number of hydrogen-bond acceptors (Lipinski definition) is 9. The maximum absolute atomic E-state index is 11.6. The number of hydrogen-bond donors (Lipinski definition) is 3. The Hall–Kier alpha value is -2.95. The third-order valence-electron chi connectivity index (χ3n) is 3.54. The molecular formula is C16H18N6O5S2. The summed E-state index contributed by atoms with van der Waals surface area (Å²) in [5, 5.41) is 28.0. The molecule has 0 aliphatic heterocycles. The molecule has 1 amide bonds. The summed E-state index contributed by atoms with van der Waals surface area (Å²) in [6.07, 6.45) is -0.00279. The van der Waals surface area contributed by atoms with Crippen LogP contribution in [-0.4, -0.2) is 53.6 Å². The van der Waals surface area contributed by atoms with Gasteiger partial charge in [-0.05, 0) is 10.3 Å². The minimum atomic E-state index is -3.68. The molecule has 0 saturated carbocycles. The van der Waals surface area contributed by atoms with Gasteiger partial charge in [0.05, 0.1) is 12.3 Å². The van der Waals surface area contributed by atoms with E-state index in [-0.39, 0.29) is 30.8 Å². The van der Waals surface area contributed by atoms with Crippen molar-refractivity contribution in [2.45, 2.75) is 17.9 Å². The van der Waals surface area contributed by atoms with E-state index in [1.807, 2.05) is 0 Å². The molecule has 1 aromatic heterocycles. The minimum absolute atomic E-state index is 0.214. The lowest BCUT2D eigenvalue weighted by molar-refractivity contribution is -0.120. The second kappa shape index (κ2) is 10.6. The minimum Gasteiger partial charge on any atom is -0.411 e. The molecule has 154 valence electrons. The van der Waals surface area contributed by atoms with Gasteiger partial charge < -0.3 is 10.5 Å². The number of carbonyl (C=O) groups is 1. The van der Waals surface area contributed by atoms with Crippen molar-refractivity contribution in [2.75, 3.05) is 18.1 Å². The van der Waals surface area contributed by atoms with Gasteiger partial charge in [0, 0.05) is 25.1 Å². The van der Waals surface area contributed by atoms with Gasteiger partial charge in [0.15, 0.2) is 16.4 Å². The zero-order chi connectivity index (χ0) is 21.3. The lowest BCUT2D eigenvalue weighted by atomic mass is 10.1. The normalized spacial score (nSPS) is 11.8. The molecule has 0 atom stereocenters. The molecule has 0 bridgehead atoms. The van der Waals surface area contributed by atoms with Gasteiger partial charge in [-0.15, -0.1) is 0 Å². The highest BCUT2D eigenvalue weighted by Crippen LogP contribution is 2.22. The van der Waals surface area contributed by atoms with E-state index in [0.29, 0.717) is 16.5 Å².